The Morgan fingerprint density at radius 3 is 2.75 bits per heavy atom. The molecule has 1 aliphatic rings. The van der Waals surface area contributed by atoms with Crippen LogP contribution < -0.4 is 0 Å². The number of carboxylic acids is 1. The molecular weight excluding hydrogens is 222 g/mol. The molecule has 1 heterocycles. The lowest BCUT2D eigenvalue weighted by molar-refractivity contribution is -0.150. The number of carboxylic acid groups (broad SMARTS) is 1. The number of likely N-dealkylation sites (N-methyl/N-ethyl adjacent to an activating group) is 1. The Morgan fingerprint density at radius 1 is 1.62 bits per heavy atom. The van der Waals surface area contributed by atoms with Crippen LogP contribution in [0.5, 0.6) is 0 Å². The molecule has 0 aromatic rings. The van der Waals surface area contributed by atoms with Crippen LogP contribution in [0.25, 0.3) is 0 Å². The molecule has 1 N–H and O–H groups in total. The summed E-state index contributed by atoms with van der Waals surface area (Å²) in [6.45, 7) is 5.22. The highest BCUT2D eigenvalue weighted by Gasteiger charge is 2.43. The van der Waals surface area contributed by atoms with Gasteiger partial charge in [0.1, 0.15) is 5.54 Å². The molecule has 4 heteroatoms. The molecule has 2 unspecified atom stereocenters. The van der Waals surface area contributed by atoms with E-state index < -0.39 is 11.5 Å². The lowest BCUT2D eigenvalue weighted by Crippen LogP contribution is -2.57. The fourth-order valence-corrected chi connectivity index (χ4v) is 3.50. The lowest BCUT2D eigenvalue weighted by atomic mass is 9.92. The molecule has 0 aliphatic carbocycles. The summed E-state index contributed by atoms with van der Waals surface area (Å²) in [7, 11) is 1.96. The van der Waals surface area contributed by atoms with Gasteiger partial charge in [0.15, 0.2) is 0 Å². The van der Waals surface area contributed by atoms with E-state index in [1.807, 2.05) is 7.05 Å². The fraction of sp³-hybridized carbons (Fsp3) is 0.917. The third kappa shape index (κ3) is 2.92. The Balaban J connectivity index is 2.72. The first kappa shape index (κ1) is 13.8. The Morgan fingerprint density at radius 2 is 2.31 bits per heavy atom. The van der Waals surface area contributed by atoms with E-state index >= 15 is 0 Å². The van der Waals surface area contributed by atoms with Gasteiger partial charge in [-0.05, 0) is 31.6 Å². The van der Waals surface area contributed by atoms with Crippen molar-refractivity contribution in [2.75, 3.05) is 25.1 Å². The topological polar surface area (TPSA) is 40.5 Å². The van der Waals surface area contributed by atoms with E-state index in [0.29, 0.717) is 5.92 Å². The molecule has 0 spiro atoms. The van der Waals surface area contributed by atoms with Crippen molar-refractivity contribution in [3.05, 3.63) is 0 Å². The highest BCUT2D eigenvalue weighted by atomic mass is 32.2. The third-order valence-electron chi connectivity index (χ3n) is 3.63. The van der Waals surface area contributed by atoms with E-state index in [2.05, 4.69) is 18.7 Å². The molecule has 0 bridgehead atoms. The SMILES string of the molecule is CCC(C)CN(C)C1(C(=O)O)CCCSC1. The van der Waals surface area contributed by atoms with Gasteiger partial charge in [0.2, 0.25) is 0 Å². The number of hydrogen-bond acceptors (Lipinski definition) is 3. The molecule has 16 heavy (non-hydrogen) atoms. The summed E-state index contributed by atoms with van der Waals surface area (Å²) < 4.78 is 0. The average Bonchev–Trinajstić information content (AvgIpc) is 2.29. The van der Waals surface area contributed by atoms with Crippen molar-refractivity contribution in [2.45, 2.75) is 38.6 Å². The molecule has 1 aliphatic heterocycles. The molecule has 2 atom stereocenters. The van der Waals surface area contributed by atoms with Gasteiger partial charge in [-0.1, -0.05) is 20.3 Å². The molecule has 3 nitrogen and oxygen atoms in total. The van der Waals surface area contributed by atoms with Gasteiger partial charge in [0.05, 0.1) is 0 Å². The van der Waals surface area contributed by atoms with Gasteiger partial charge in [-0.25, -0.2) is 0 Å². The number of nitrogens with zero attached hydrogens (tertiary/aromatic N) is 1. The van der Waals surface area contributed by atoms with Crippen molar-refractivity contribution in [1.82, 2.24) is 4.90 Å². The predicted octanol–water partition coefficient (Wildman–Crippen LogP) is 2.31. The first-order valence-corrected chi connectivity index (χ1v) is 7.20. The van der Waals surface area contributed by atoms with Crippen LogP contribution in [-0.2, 0) is 4.79 Å². The van der Waals surface area contributed by atoms with Gasteiger partial charge in [0.25, 0.3) is 0 Å². The second-order valence-corrected chi connectivity index (χ2v) is 5.99. The van der Waals surface area contributed by atoms with Crippen molar-refractivity contribution < 1.29 is 9.90 Å². The van der Waals surface area contributed by atoms with Crippen molar-refractivity contribution in [1.29, 1.82) is 0 Å². The number of carbonyl (C=O) groups is 1. The minimum Gasteiger partial charge on any atom is -0.480 e. The van der Waals surface area contributed by atoms with Crippen LogP contribution in [0.4, 0.5) is 0 Å². The normalized spacial score (nSPS) is 28.0. The lowest BCUT2D eigenvalue weighted by Gasteiger charge is -2.41. The summed E-state index contributed by atoms with van der Waals surface area (Å²) in [5, 5.41) is 9.49. The zero-order valence-electron chi connectivity index (χ0n) is 10.5. The van der Waals surface area contributed by atoms with Crippen LogP contribution in [0.3, 0.4) is 0 Å². The quantitative estimate of drug-likeness (QED) is 0.807. The van der Waals surface area contributed by atoms with Crippen LogP contribution in [0.15, 0.2) is 0 Å². The summed E-state index contributed by atoms with van der Waals surface area (Å²) >= 11 is 1.77. The first-order valence-electron chi connectivity index (χ1n) is 6.05. The summed E-state index contributed by atoms with van der Waals surface area (Å²) in [6.07, 6.45) is 2.91. The van der Waals surface area contributed by atoms with Crippen molar-refractivity contribution in [3.8, 4) is 0 Å². The highest BCUT2D eigenvalue weighted by Crippen LogP contribution is 2.32. The summed E-state index contributed by atoms with van der Waals surface area (Å²) in [4.78, 5) is 13.6. The smallest absolute Gasteiger partial charge is 0.324 e. The zero-order valence-corrected chi connectivity index (χ0v) is 11.3. The Labute approximate surface area is 103 Å². The Hall–Kier alpha value is -0.220. The molecule has 1 saturated heterocycles. The van der Waals surface area contributed by atoms with Crippen LogP contribution in [-0.4, -0.2) is 46.6 Å². The number of rotatable bonds is 5. The van der Waals surface area contributed by atoms with E-state index in [4.69, 9.17) is 0 Å². The van der Waals surface area contributed by atoms with E-state index in [1.54, 1.807) is 11.8 Å². The molecule has 0 saturated carbocycles. The number of hydrogen-bond donors (Lipinski definition) is 1. The van der Waals surface area contributed by atoms with Gasteiger partial charge in [0, 0.05) is 12.3 Å². The monoisotopic (exact) mass is 245 g/mol. The minimum atomic E-state index is -0.648. The molecule has 1 rings (SSSR count). The van der Waals surface area contributed by atoms with Crippen molar-refractivity contribution in [3.63, 3.8) is 0 Å². The third-order valence-corrected chi connectivity index (χ3v) is 4.89. The van der Waals surface area contributed by atoms with Crippen molar-refractivity contribution >= 4 is 17.7 Å². The summed E-state index contributed by atoms with van der Waals surface area (Å²) in [6, 6.07) is 0. The molecule has 1 fully saturated rings. The van der Waals surface area contributed by atoms with E-state index in [0.717, 1.165) is 37.3 Å². The van der Waals surface area contributed by atoms with Crippen LogP contribution in [0.2, 0.25) is 0 Å². The predicted molar refractivity (Wildman–Crippen MR) is 69.0 cm³/mol. The molecule has 0 aromatic heterocycles. The highest BCUT2D eigenvalue weighted by molar-refractivity contribution is 7.99. The van der Waals surface area contributed by atoms with Gasteiger partial charge in [-0.15, -0.1) is 0 Å². The maximum atomic E-state index is 11.5. The Kier molecular flexibility index (Phi) is 5.12. The molecule has 0 radical (unpaired) electrons. The number of aliphatic carboxylic acids is 1. The summed E-state index contributed by atoms with van der Waals surface area (Å²) in [5.41, 5.74) is -0.619. The fourth-order valence-electron chi connectivity index (χ4n) is 2.18. The van der Waals surface area contributed by atoms with E-state index in [9.17, 15) is 9.90 Å². The maximum Gasteiger partial charge on any atom is 0.324 e. The summed E-state index contributed by atoms with van der Waals surface area (Å²) in [5.74, 6) is 1.75. The largest absolute Gasteiger partial charge is 0.480 e. The standard InChI is InChI=1S/C12H23NO2S/c1-4-10(2)8-13(3)12(11(14)15)6-5-7-16-9-12/h10H,4-9H2,1-3H3,(H,14,15). The van der Waals surface area contributed by atoms with Gasteiger partial charge in [-0.3, -0.25) is 9.69 Å². The first-order chi connectivity index (χ1) is 7.53. The molecule has 0 amide bonds. The van der Waals surface area contributed by atoms with E-state index in [1.165, 1.54) is 0 Å². The molecular formula is C12H23NO2S. The molecule has 0 aromatic carbocycles. The van der Waals surface area contributed by atoms with E-state index in [-0.39, 0.29) is 0 Å². The van der Waals surface area contributed by atoms with Gasteiger partial charge >= 0.3 is 5.97 Å². The van der Waals surface area contributed by atoms with Crippen LogP contribution in [0.1, 0.15) is 33.1 Å². The van der Waals surface area contributed by atoms with Crippen molar-refractivity contribution in [2.24, 2.45) is 5.92 Å². The van der Waals surface area contributed by atoms with Crippen LogP contribution >= 0.6 is 11.8 Å². The van der Waals surface area contributed by atoms with Gasteiger partial charge < -0.3 is 5.11 Å². The second kappa shape index (κ2) is 5.92. The zero-order chi connectivity index (χ0) is 12.2. The second-order valence-electron chi connectivity index (χ2n) is 4.89. The number of thioether (sulfide) groups is 1. The Bertz CT molecular complexity index is 239. The van der Waals surface area contributed by atoms with Crippen LogP contribution in [0, 0.1) is 5.92 Å². The maximum absolute atomic E-state index is 11.5. The minimum absolute atomic E-state index is 0.563. The molecule has 94 valence electrons. The van der Waals surface area contributed by atoms with Gasteiger partial charge in [-0.2, -0.15) is 11.8 Å². The average molecular weight is 245 g/mol.